The second-order valence-electron chi connectivity index (χ2n) is 9.91. The molecule has 0 heterocycles. The third kappa shape index (κ3) is 3.47. The standard InChI is InChI=1S/C25H32O3Si/c1-17(24(26)27)23-21-15-18(16-22(21)23)28-29(25(2,3)4,19-11-7-5-8-12-19)20-13-9-6-10-14-20/h5-14,17-18,21-23H,15-16H2,1-4H3,(H,26,27)/t17?,18?,21-,22+,23+. The van der Waals surface area contributed by atoms with Gasteiger partial charge >= 0.3 is 5.97 Å². The lowest BCUT2D eigenvalue weighted by molar-refractivity contribution is -0.142. The number of hydrogen-bond donors (Lipinski definition) is 1. The number of aliphatic carboxylic acids is 1. The molecular weight excluding hydrogens is 376 g/mol. The van der Waals surface area contributed by atoms with E-state index in [0.717, 1.165) is 12.8 Å². The van der Waals surface area contributed by atoms with Gasteiger partial charge in [0.05, 0.1) is 5.92 Å². The van der Waals surface area contributed by atoms with Crippen molar-refractivity contribution in [2.75, 3.05) is 0 Å². The summed E-state index contributed by atoms with van der Waals surface area (Å²) in [4.78, 5) is 11.4. The molecule has 0 amide bonds. The van der Waals surface area contributed by atoms with Gasteiger partial charge in [-0.15, -0.1) is 0 Å². The van der Waals surface area contributed by atoms with E-state index in [9.17, 15) is 9.90 Å². The lowest BCUT2D eigenvalue weighted by atomic mass is 9.98. The van der Waals surface area contributed by atoms with Crippen molar-refractivity contribution < 1.29 is 14.3 Å². The van der Waals surface area contributed by atoms with Crippen molar-refractivity contribution in [3.05, 3.63) is 60.7 Å². The minimum atomic E-state index is -2.51. The van der Waals surface area contributed by atoms with Gasteiger partial charge in [-0.1, -0.05) is 88.4 Å². The Morgan fingerprint density at radius 2 is 1.41 bits per heavy atom. The highest BCUT2D eigenvalue weighted by molar-refractivity contribution is 6.99. The summed E-state index contributed by atoms with van der Waals surface area (Å²) < 4.78 is 7.22. The molecule has 154 valence electrons. The van der Waals surface area contributed by atoms with Crippen molar-refractivity contribution in [2.24, 2.45) is 23.7 Å². The summed E-state index contributed by atoms with van der Waals surface area (Å²) in [6, 6.07) is 21.5. The third-order valence-electron chi connectivity index (χ3n) is 7.20. The van der Waals surface area contributed by atoms with Gasteiger partial charge in [0.25, 0.3) is 8.32 Å². The molecule has 4 heteroatoms. The monoisotopic (exact) mass is 408 g/mol. The molecule has 2 fully saturated rings. The van der Waals surface area contributed by atoms with Crippen LogP contribution in [0, 0.1) is 23.7 Å². The van der Waals surface area contributed by atoms with Crippen LogP contribution in [0.15, 0.2) is 60.7 Å². The molecule has 0 saturated heterocycles. The lowest BCUT2D eigenvalue weighted by Crippen LogP contribution is -2.67. The van der Waals surface area contributed by atoms with Gasteiger partial charge in [-0.3, -0.25) is 4.79 Å². The van der Waals surface area contributed by atoms with Crippen molar-refractivity contribution >= 4 is 24.7 Å². The van der Waals surface area contributed by atoms with E-state index in [1.165, 1.54) is 10.4 Å². The molecule has 0 bridgehead atoms. The van der Waals surface area contributed by atoms with E-state index >= 15 is 0 Å². The van der Waals surface area contributed by atoms with Gasteiger partial charge in [0.15, 0.2) is 0 Å². The van der Waals surface area contributed by atoms with Crippen molar-refractivity contribution in [1.29, 1.82) is 0 Å². The second kappa shape index (κ2) is 7.40. The molecule has 0 aliphatic heterocycles. The maximum Gasteiger partial charge on any atom is 0.306 e. The zero-order chi connectivity index (χ0) is 20.8. The highest BCUT2D eigenvalue weighted by Crippen LogP contribution is 2.61. The molecule has 0 spiro atoms. The van der Waals surface area contributed by atoms with Crippen LogP contribution in [0.5, 0.6) is 0 Å². The topological polar surface area (TPSA) is 46.5 Å². The number of carboxylic acids is 1. The fourth-order valence-corrected chi connectivity index (χ4v) is 10.5. The van der Waals surface area contributed by atoms with E-state index in [0.29, 0.717) is 17.8 Å². The molecule has 2 aliphatic carbocycles. The maximum atomic E-state index is 11.4. The molecule has 4 rings (SSSR count). The first kappa shape index (κ1) is 20.4. The Hall–Kier alpha value is -1.91. The van der Waals surface area contributed by atoms with Crippen LogP contribution in [-0.4, -0.2) is 25.5 Å². The third-order valence-corrected chi connectivity index (χ3v) is 12.3. The lowest BCUT2D eigenvalue weighted by Gasteiger charge is -2.45. The number of carbonyl (C=O) groups is 1. The van der Waals surface area contributed by atoms with E-state index < -0.39 is 14.3 Å². The molecule has 2 saturated carbocycles. The predicted molar refractivity (Wildman–Crippen MR) is 119 cm³/mol. The highest BCUT2D eigenvalue weighted by atomic mass is 28.4. The second-order valence-corrected chi connectivity index (χ2v) is 14.2. The minimum absolute atomic E-state index is 0.0176. The van der Waals surface area contributed by atoms with Crippen LogP contribution in [0.3, 0.4) is 0 Å². The Labute approximate surface area is 175 Å². The summed E-state index contributed by atoms with van der Waals surface area (Å²) in [6.45, 7) is 8.79. The summed E-state index contributed by atoms with van der Waals surface area (Å²) in [6.07, 6.45) is 2.21. The average molecular weight is 409 g/mol. The van der Waals surface area contributed by atoms with Gasteiger partial charge in [0, 0.05) is 6.10 Å². The Morgan fingerprint density at radius 3 is 1.79 bits per heavy atom. The Balaban J connectivity index is 1.66. The number of rotatable bonds is 6. The molecule has 2 aromatic carbocycles. The first-order chi connectivity index (χ1) is 13.8. The summed E-state index contributed by atoms with van der Waals surface area (Å²) in [7, 11) is -2.51. The Morgan fingerprint density at radius 1 is 0.966 bits per heavy atom. The largest absolute Gasteiger partial charge is 0.481 e. The van der Waals surface area contributed by atoms with Gasteiger partial charge in [-0.25, -0.2) is 0 Å². The van der Waals surface area contributed by atoms with E-state index in [-0.39, 0.29) is 17.1 Å². The van der Waals surface area contributed by atoms with Gasteiger partial charge in [-0.05, 0) is 46.0 Å². The average Bonchev–Trinajstić information content (AvgIpc) is 3.20. The van der Waals surface area contributed by atoms with Crippen molar-refractivity contribution in [3.63, 3.8) is 0 Å². The fraction of sp³-hybridized carbons (Fsp3) is 0.480. The van der Waals surface area contributed by atoms with Crippen LogP contribution in [0.4, 0.5) is 0 Å². The van der Waals surface area contributed by atoms with Gasteiger partial charge in [0.2, 0.25) is 0 Å². The first-order valence-electron chi connectivity index (χ1n) is 10.8. The maximum absolute atomic E-state index is 11.4. The normalized spacial score (nSPS) is 27.3. The van der Waals surface area contributed by atoms with Crippen molar-refractivity contribution in [2.45, 2.75) is 51.7 Å². The molecule has 3 nitrogen and oxygen atoms in total. The summed E-state index contributed by atoms with van der Waals surface area (Å²) in [5, 5.41) is 12.0. The number of fused-ring (bicyclic) bond motifs is 1. The van der Waals surface area contributed by atoms with E-state index in [1.54, 1.807) is 0 Å². The predicted octanol–water partition coefficient (Wildman–Crippen LogP) is 4.31. The van der Waals surface area contributed by atoms with E-state index in [2.05, 4.69) is 81.4 Å². The van der Waals surface area contributed by atoms with Crippen LogP contribution >= 0.6 is 0 Å². The van der Waals surface area contributed by atoms with E-state index in [1.807, 2.05) is 6.92 Å². The molecule has 2 aliphatic rings. The van der Waals surface area contributed by atoms with Crippen molar-refractivity contribution in [1.82, 2.24) is 0 Å². The zero-order valence-electron chi connectivity index (χ0n) is 17.8. The SMILES string of the molecule is CC(C(=O)O)[C@H]1[C@@H]2CC(O[Si](c3ccccc3)(c3ccccc3)C(C)(C)C)C[C@@H]21. The first-order valence-corrected chi connectivity index (χ1v) is 12.7. The minimum Gasteiger partial charge on any atom is -0.481 e. The van der Waals surface area contributed by atoms with Crippen LogP contribution < -0.4 is 10.4 Å². The molecular formula is C25H32O3Si. The molecule has 0 radical (unpaired) electrons. The summed E-state index contributed by atoms with van der Waals surface area (Å²) >= 11 is 0. The van der Waals surface area contributed by atoms with Crippen LogP contribution in [0.2, 0.25) is 5.04 Å². The number of hydrogen-bond acceptors (Lipinski definition) is 2. The molecule has 5 atom stereocenters. The summed E-state index contributed by atoms with van der Waals surface area (Å²) in [5.41, 5.74) is 0. The smallest absolute Gasteiger partial charge is 0.306 e. The molecule has 2 unspecified atom stereocenters. The van der Waals surface area contributed by atoms with Gasteiger partial charge in [0.1, 0.15) is 0 Å². The number of carboxylic acid groups (broad SMARTS) is 1. The Bertz CT molecular complexity index is 807. The zero-order valence-corrected chi connectivity index (χ0v) is 18.8. The highest BCUT2D eigenvalue weighted by Gasteiger charge is 2.61. The summed E-state index contributed by atoms with van der Waals surface area (Å²) in [5.74, 6) is 0.479. The van der Waals surface area contributed by atoms with Crippen LogP contribution in [-0.2, 0) is 9.22 Å². The van der Waals surface area contributed by atoms with Gasteiger partial charge < -0.3 is 9.53 Å². The van der Waals surface area contributed by atoms with Crippen molar-refractivity contribution in [3.8, 4) is 0 Å². The fourth-order valence-electron chi connectivity index (χ4n) is 5.79. The van der Waals surface area contributed by atoms with E-state index in [4.69, 9.17) is 4.43 Å². The molecule has 1 N–H and O–H groups in total. The van der Waals surface area contributed by atoms with Gasteiger partial charge in [-0.2, -0.15) is 0 Å². The Kier molecular flexibility index (Phi) is 5.20. The van der Waals surface area contributed by atoms with Crippen LogP contribution in [0.1, 0.15) is 40.5 Å². The molecule has 2 aromatic rings. The number of benzene rings is 2. The molecule has 29 heavy (non-hydrogen) atoms. The molecule has 0 aromatic heterocycles. The van der Waals surface area contributed by atoms with Crippen LogP contribution in [0.25, 0.3) is 0 Å². The quantitative estimate of drug-likeness (QED) is 0.725.